The van der Waals surface area contributed by atoms with Crippen LogP contribution in [-0.4, -0.2) is 30.9 Å². The van der Waals surface area contributed by atoms with Gasteiger partial charge in [-0.05, 0) is 19.3 Å². The van der Waals surface area contributed by atoms with Gasteiger partial charge in [-0.25, -0.2) is 0 Å². The van der Waals surface area contributed by atoms with Crippen LogP contribution in [0.25, 0.3) is 0 Å². The van der Waals surface area contributed by atoms with E-state index < -0.39 is 5.79 Å². The number of nitrogens with zero attached hydrogens (tertiary/aromatic N) is 1. The molecule has 0 saturated heterocycles. The number of hydrogen-bond donors (Lipinski definition) is 1. The van der Waals surface area contributed by atoms with Gasteiger partial charge in [-0.3, -0.25) is 0 Å². The molecule has 4 nitrogen and oxygen atoms in total. The lowest BCUT2D eigenvalue weighted by molar-refractivity contribution is -0.230. The zero-order chi connectivity index (χ0) is 9.47. The van der Waals surface area contributed by atoms with Gasteiger partial charge in [0.05, 0.1) is 11.6 Å². The maximum Gasteiger partial charge on any atom is 0.178 e. The zero-order valence-electron chi connectivity index (χ0n) is 7.99. The zero-order valence-corrected chi connectivity index (χ0v) is 7.99. The third-order valence-corrected chi connectivity index (χ3v) is 3.48. The third-order valence-electron chi connectivity index (χ3n) is 3.48. The second-order valence-electron chi connectivity index (χ2n) is 3.75. The van der Waals surface area contributed by atoms with Crippen molar-refractivity contribution in [3.8, 4) is 0 Å². The van der Waals surface area contributed by atoms with Crippen molar-refractivity contribution in [2.75, 3.05) is 14.2 Å². The molecule has 0 amide bonds. The molecule has 0 radical (unpaired) electrons. The molecule has 2 rings (SSSR count). The predicted molar refractivity (Wildman–Crippen MR) is 46.8 cm³/mol. The minimum absolute atomic E-state index is 0.150. The Morgan fingerprint density at radius 2 is 2.08 bits per heavy atom. The molecule has 0 aliphatic heterocycles. The van der Waals surface area contributed by atoms with Gasteiger partial charge in [0.15, 0.2) is 5.79 Å². The fourth-order valence-corrected chi connectivity index (χ4v) is 2.90. The van der Waals surface area contributed by atoms with Crippen LogP contribution in [0.4, 0.5) is 0 Å². The number of methoxy groups -OCH3 is 2. The minimum atomic E-state index is -0.512. The quantitative estimate of drug-likeness (QED) is 0.400. The molecular formula is C9H15NO3. The van der Waals surface area contributed by atoms with E-state index >= 15 is 0 Å². The molecule has 0 heterocycles. The largest absolute Gasteiger partial charge is 0.411 e. The first-order valence-corrected chi connectivity index (χ1v) is 4.59. The Labute approximate surface area is 77.5 Å². The Hall–Kier alpha value is -0.610. The van der Waals surface area contributed by atoms with Crippen molar-refractivity contribution in [1.29, 1.82) is 0 Å². The molecule has 2 saturated carbocycles. The highest BCUT2D eigenvalue weighted by Crippen LogP contribution is 2.52. The van der Waals surface area contributed by atoms with Crippen LogP contribution in [0.3, 0.4) is 0 Å². The molecule has 0 unspecified atom stereocenters. The Kier molecular flexibility index (Phi) is 2.04. The second kappa shape index (κ2) is 2.96. The SMILES string of the molecule is COC1(OC)[C@@H]2CC[C@H]1/C(=N/O)C2. The molecule has 4 heteroatoms. The van der Waals surface area contributed by atoms with Crippen molar-refractivity contribution in [3.05, 3.63) is 0 Å². The summed E-state index contributed by atoms with van der Waals surface area (Å²) >= 11 is 0. The van der Waals surface area contributed by atoms with E-state index in [0.29, 0.717) is 5.92 Å². The van der Waals surface area contributed by atoms with Crippen LogP contribution < -0.4 is 0 Å². The summed E-state index contributed by atoms with van der Waals surface area (Å²) in [7, 11) is 3.32. The number of rotatable bonds is 2. The topological polar surface area (TPSA) is 51.0 Å². The number of oxime groups is 1. The smallest absolute Gasteiger partial charge is 0.178 e. The maximum absolute atomic E-state index is 8.79. The molecule has 2 bridgehead atoms. The van der Waals surface area contributed by atoms with Gasteiger partial charge in [-0.2, -0.15) is 0 Å². The van der Waals surface area contributed by atoms with E-state index in [1.165, 1.54) is 0 Å². The molecule has 2 fully saturated rings. The number of fused-ring (bicyclic) bond motifs is 2. The number of hydrogen-bond acceptors (Lipinski definition) is 4. The summed E-state index contributed by atoms with van der Waals surface area (Å²) in [6.45, 7) is 0. The van der Waals surface area contributed by atoms with E-state index in [0.717, 1.165) is 25.0 Å². The van der Waals surface area contributed by atoms with Crippen molar-refractivity contribution in [3.63, 3.8) is 0 Å². The average molecular weight is 185 g/mol. The van der Waals surface area contributed by atoms with Crippen LogP contribution >= 0.6 is 0 Å². The predicted octanol–water partition coefficient (Wildman–Crippen LogP) is 1.24. The van der Waals surface area contributed by atoms with E-state index in [-0.39, 0.29) is 5.92 Å². The lowest BCUT2D eigenvalue weighted by Crippen LogP contribution is -2.39. The molecule has 74 valence electrons. The van der Waals surface area contributed by atoms with E-state index in [4.69, 9.17) is 14.7 Å². The molecule has 2 aliphatic rings. The monoisotopic (exact) mass is 185 g/mol. The summed E-state index contributed by atoms with van der Waals surface area (Å²) in [5.41, 5.74) is 0.833. The Morgan fingerprint density at radius 1 is 1.38 bits per heavy atom. The molecular weight excluding hydrogens is 170 g/mol. The van der Waals surface area contributed by atoms with Crippen LogP contribution in [0.1, 0.15) is 19.3 Å². The van der Waals surface area contributed by atoms with E-state index in [2.05, 4.69) is 5.16 Å². The van der Waals surface area contributed by atoms with Gasteiger partial charge in [0.25, 0.3) is 0 Å². The summed E-state index contributed by atoms with van der Waals surface area (Å²) in [4.78, 5) is 0. The van der Waals surface area contributed by atoms with Crippen LogP contribution in [0.15, 0.2) is 5.16 Å². The molecule has 1 N–H and O–H groups in total. The molecule has 0 aromatic heterocycles. The lowest BCUT2D eigenvalue weighted by Gasteiger charge is -2.30. The first kappa shape index (κ1) is 8.97. The van der Waals surface area contributed by atoms with Gasteiger partial charge < -0.3 is 14.7 Å². The maximum atomic E-state index is 8.79. The van der Waals surface area contributed by atoms with E-state index in [1.54, 1.807) is 14.2 Å². The van der Waals surface area contributed by atoms with Gasteiger partial charge in [0, 0.05) is 20.1 Å². The van der Waals surface area contributed by atoms with Crippen LogP contribution in [0.5, 0.6) is 0 Å². The van der Waals surface area contributed by atoms with Crippen LogP contribution in [0, 0.1) is 11.8 Å². The van der Waals surface area contributed by atoms with Gasteiger partial charge in [0.1, 0.15) is 0 Å². The van der Waals surface area contributed by atoms with Crippen molar-refractivity contribution >= 4 is 5.71 Å². The summed E-state index contributed by atoms with van der Waals surface area (Å²) < 4.78 is 10.9. The Bertz CT molecular complexity index is 235. The van der Waals surface area contributed by atoms with Gasteiger partial charge in [-0.15, -0.1) is 0 Å². The fraction of sp³-hybridized carbons (Fsp3) is 0.889. The molecule has 0 spiro atoms. The molecule has 2 atom stereocenters. The van der Waals surface area contributed by atoms with Gasteiger partial charge in [0.2, 0.25) is 0 Å². The summed E-state index contributed by atoms with van der Waals surface area (Å²) in [6, 6.07) is 0. The van der Waals surface area contributed by atoms with Crippen molar-refractivity contribution in [2.45, 2.75) is 25.0 Å². The van der Waals surface area contributed by atoms with Crippen molar-refractivity contribution in [1.82, 2.24) is 0 Å². The normalized spacial score (nSPS) is 38.8. The fourth-order valence-electron chi connectivity index (χ4n) is 2.90. The molecule has 0 aromatic carbocycles. The van der Waals surface area contributed by atoms with Gasteiger partial charge in [-0.1, -0.05) is 5.16 Å². The van der Waals surface area contributed by atoms with E-state index in [1.807, 2.05) is 0 Å². The van der Waals surface area contributed by atoms with E-state index in [9.17, 15) is 0 Å². The summed E-state index contributed by atoms with van der Waals surface area (Å²) in [5.74, 6) is -0.00225. The summed E-state index contributed by atoms with van der Waals surface area (Å²) in [5, 5.41) is 12.1. The molecule has 13 heavy (non-hydrogen) atoms. The van der Waals surface area contributed by atoms with Crippen molar-refractivity contribution < 1.29 is 14.7 Å². The lowest BCUT2D eigenvalue weighted by atomic mass is 9.99. The standard InChI is InChI=1S/C9H15NO3/c1-12-9(13-2)6-3-4-7(9)8(5-6)10-11/h6-7,11H,3-5H2,1-2H3/b10-8+/t6-,7+/m1/s1. The average Bonchev–Trinajstić information content (AvgIpc) is 2.69. The highest BCUT2D eigenvalue weighted by atomic mass is 16.7. The highest BCUT2D eigenvalue weighted by molar-refractivity contribution is 5.90. The Morgan fingerprint density at radius 3 is 2.46 bits per heavy atom. The minimum Gasteiger partial charge on any atom is -0.411 e. The first-order valence-electron chi connectivity index (χ1n) is 4.59. The second-order valence-corrected chi connectivity index (χ2v) is 3.75. The highest BCUT2D eigenvalue weighted by Gasteiger charge is 2.59. The Balaban J connectivity index is 2.32. The molecule has 0 aromatic rings. The third kappa shape index (κ3) is 0.957. The molecule has 2 aliphatic carbocycles. The number of ether oxygens (including phenoxy) is 2. The van der Waals surface area contributed by atoms with Crippen molar-refractivity contribution in [2.24, 2.45) is 17.0 Å². The van der Waals surface area contributed by atoms with Crippen LogP contribution in [0.2, 0.25) is 0 Å². The first-order chi connectivity index (χ1) is 6.28. The van der Waals surface area contributed by atoms with Gasteiger partial charge >= 0.3 is 0 Å². The van der Waals surface area contributed by atoms with Crippen LogP contribution in [-0.2, 0) is 9.47 Å². The summed E-state index contributed by atoms with van der Waals surface area (Å²) in [6.07, 6.45) is 2.92.